The van der Waals surface area contributed by atoms with E-state index in [2.05, 4.69) is 57.7 Å². The summed E-state index contributed by atoms with van der Waals surface area (Å²) in [5.41, 5.74) is 6.64. The third-order valence-electron chi connectivity index (χ3n) is 5.51. The van der Waals surface area contributed by atoms with Crippen molar-refractivity contribution in [2.24, 2.45) is 10.1 Å². The van der Waals surface area contributed by atoms with Crippen molar-refractivity contribution in [1.82, 2.24) is 20.6 Å². The van der Waals surface area contributed by atoms with Crippen LogP contribution in [-0.4, -0.2) is 53.8 Å². The van der Waals surface area contributed by atoms with Crippen LogP contribution in [0.25, 0.3) is 0 Å². The van der Waals surface area contributed by atoms with Crippen LogP contribution >= 0.6 is 11.6 Å². The molecule has 0 saturated carbocycles. The highest BCUT2D eigenvalue weighted by Crippen LogP contribution is 2.29. The van der Waals surface area contributed by atoms with Gasteiger partial charge in [0, 0.05) is 42.6 Å². The molecule has 3 rings (SSSR count). The molecule has 1 aromatic carbocycles. The van der Waals surface area contributed by atoms with E-state index in [0.717, 1.165) is 60.4 Å². The van der Waals surface area contributed by atoms with Gasteiger partial charge >= 0.3 is 0 Å². The number of aliphatic imine (C=N–C) groups is 1. The molecule has 162 valence electrons. The number of aromatic nitrogens is 1. The first-order valence-corrected chi connectivity index (χ1v) is 11.3. The predicted molar refractivity (Wildman–Crippen MR) is 127 cm³/mol. The maximum Gasteiger partial charge on any atom is 0.214 e. The standard InChI is InChI=1S/C23H33ClN6/c1-4-25-23(30(5-2)6-3)29-28-22(20-10-8-16-27-20)21(19-9-7-15-26-19)17-11-13-18(24)14-12-17/h7,9,11-15,20-21,26-27H,4-6,8,10,16H2,1-3H3,(H,25,29). The lowest BCUT2D eigenvalue weighted by molar-refractivity contribution is 0.445. The quantitative estimate of drug-likeness (QED) is 0.335. The molecule has 3 N–H and O–H groups in total. The molecule has 0 bridgehead atoms. The fourth-order valence-corrected chi connectivity index (χ4v) is 4.09. The molecule has 2 unspecified atom stereocenters. The molecule has 2 atom stereocenters. The van der Waals surface area contributed by atoms with Gasteiger partial charge in [0.15, 0.2) is 0 Å². The van der Waals surface area contributed by atoms with Gasteiger partial charge in [-0.3, -0.25) is 4.99 Å². The number of halogens is 1. The molecule has 7 heteroatoms. The second-order valence-electron chi connectivity index (χ2n) is 7.38. The zero-order valence-corrected chi connectivity index (χ0v) is 18.9. The number of guanidine groups is 1. The number of benzene rings is 1. The average Bonchev–Trinajstić information content (AvgIpc) is 3.47. The summed E-state index contributed by atoms with van der Waals surface area (Å²) in [6.45, 7) is 9.79. The summed E-state index contributed by atoms with van der Waals surface area (Å²) in [5.74, 6) is 0.819. The molecule has 2 heterocycles. The Labute approximate surface area is 184 Å². The molecule has 1 aliphatic heterocycles. The maximum atomic E-state index is 6.17. The first-order valence-electron chi connectivity index (χ1n) is 10.9. The summed E-state index contributed by atoms with van der Waals surface area (Å²) in [4.78, 5) is 10.2. The molecule has 1 saturated heterocycles. The van der Waals surface area contributed by atoms with Crippen LogP contribution in [0.5, 0.6) is 0 Å². The molecular formula is C23H33ClN6. The summed E-state index contributed by atoms with van der Waals surface area (Å²) >= 11 is 6.17. The number of aromatic amines is 1. The highest BCUT2D eigenvalue weighted by Gasteiger charge is 2.30. The topological polar surface area (TPSA) is 67.8 Å². The predicted octanol–water partition coefficient (Wildman–Crippen LogP) is 4.22. The highest BCUT2D eigenvalue weighted by molar-refractivity contribution is 6.30. The van der Waals surface area contributed by atoms with Gasteiger partial charge in [-0.25, -0.2) is 5.43 Å². The first kappa shape index (κ1) is 22.4. The zero-order valence-electron chi connectivity index (χ0n) is 18.2. The van der Waals surface area contributed by atoms with E-state index >= 15 is 0 Å². The van der Waals surface area contributed by atoms with Crippen molar-refractivity contribution in [3.63, 3.8) is 0 Å². The van der Waals surface area contributed by atoms with Gasteiger partial charge in [0.2, 0.25) is 5.96 Å². The number of H-pyrrole nitrogens is 1. The lowest BCUT2D eigenvalue weighted by Crippen LogP contribution is -2.42. The van der Waals surface area contributed by atoms with Gasteiger partial charge in [0.25, 0.3) is 0 Å². The SMILES string of the molecule is CCN=C(NN=C(C1CCCN1)C(c1ccc(Cl)cc1)c1ccc[nH]1)N(CC)CC. The van der Waals surface area contributed by atoms with E-state index < -0.39 is 0 Å². The molecule has 2 aromatic rings. The van der Waals surface area contributed by atoms with Crippen molar-refractivity contribution in [2.45, 2.75) is 45.6 Å². The van der Waals surface area contributed by atoms with Gasteiger partial charge in [-0.15, -0.1) is 0 Å². The van der Waals surface area contributed by atoms with Gasteiger partial charge in [0.05, 0.1) is 11.6 Å². The Hall–Kier alpha value is -2.31. The third kappa shape index (κ3) is 5.43. The summed E-state index contributed by atoms with van der Waals surface area (Å²) in [6.07, 6.45) is 4.18. The van der Waals surface area contributed by atoms with Crippen LogP contribution in [0.3, 0.4) is 0 Å². The monoisotopic (exact) mass is 428 g/mol. The molecule has 0 spiro atoms. The van der Waals surface area contributed by atoms with Crippen molar-refractivity contribution in [2.75, 3.05) is 26.2 Å². The first-order chi connectivity index (χ1) is 14.7. The normalized spacial score (nSPS) is 18.5. The molecule has 0 radical (unpaired) electrons. The van der Waals surface area contributed by atoms with Crippen LogP contribution in [0.15, 0.2) is 52.7 Å². The van der Waals surface area contributed by atoms with Crippen molar-refractivity contribution < 1.29 is 0 Å². The second kappa shape index (κ2) is 11.2. The number of nitrogens with one attached hydrogen (secondary N) is 3. The molecule has 1 aliphatic rings. The van der Waals surface area contributed by atoms with Crippen molar-refractivity contribution in [1.29, 1.82) is 0 Å². The Morgan fingerprint density at radius 3 is 2.53 bits per heavy atom. The smallest absolute Gasteiger partial charge is 0.214 e. The molecule has 30 heavy (non-hydrogen) atoms. The van der Waals surface area contributed by atoms with Gasteiger partial charge < -0.3 is 15.2 Å². The number of hydrogen-bond acceptors (Lipinski definition) is 3. The van der Waals surface area contributed by atoms with Crippen molar-refractivity contribution >= 4 is 23.3 Å². The number of hydrogen-bond donors (Lipinski definition) is 3. The molecule has 6 nitrogen and oxygen atoms in total. The maximum absolute atomic E-state index is 6.17. The van der Waals surface area contributed by atoms with Crippen LogP contribution in [0, 0.1) is 0 Å². The second-order valence-corrected chi connectivity index (χ2v) is 7.81. The highest BCUT2D eigenvalue weighted by atomic mass is 35.5. The molecular weight excluding hydrogens is 396 g/mol. The summed E-state index contributed by atoms with van der Waals surface area (Å²) in [5, 5.41) is 9.34. The minimum absolute atomic E-state index is 0.0000498. The van der Waals surface area contributed by atoms with Crippen molar-refractivity contribution in [3.8, 4) is 0 Å². The zero-order chi connectivity index (χ0) is 21.3. The van der Waals surface area contributed by atoms with Gasteiger partial charge in [-0.2, -0.15) is 5.10 Å². The summed E-state index contributed by atoms with van der Waals surface area (Å²) < 4.78 is 0. The van der Waals surface area contributed by atoms with E-state index in [4.69, 9.17) is 16.7 Å². The number of nitrogens with zero attached hydrogens (tertiary/aromatic N) is 3. The van der Waals surface area contributed by atoms with Gasteiger partial charge in [-0.05, 0) is 70.0 Å². The van der Waals surface area contributed by atoms with E-state index in [9.17, 15) is 0 Å². The number of rotatable bonds is 8. The number of hydrazone groups is 1. The Bertz CT molecular complexity index is 818. The fraction of sp³-hybridized carbons (Fsp3) is 0.478. The van der Waals surface area contributed by atoms with E-state index in [-0.39, 0.29) is 12.0 Å². The van der Waals surface area contributed by atoms with E-state index in [1.807, 2.05) is 31.3 Å². The van der Waals surface area contributed by atoms with Crippen LogP contribution in [-0.2, 0) is 0 Å². The minimum Gasteiger partial charge on any atom is -0.364 e. The van der Waals surface area contributed by atoms with Crippen LogP contribution in [0.2, 0.25) is 5.02 Å². The Kier molecular flexibility index (Phi) is 8.34. The van der Waals surface area contributed by atoms with E-state index in [0.29, 0.717) is 6.54 Å². The lowest BCUT2D eigenvalue weighted by Gasteiger charge is -2.26. The van der Waals surface area contributed by atoms with E-state index in [1.165, 1.54) is 0 Å². The van der Waals surface area contributed by atoms with Crippen LogP contribution in [0.4, 0.5) is 0 Å². The summed E-state index contributed by atoms with van der Waals surface area (Å²) in [7, 11) is 0. The molecule has 0 aliphatic carbocycles. The third-order valence-corrected chi connectivity index (χ3v) is 5.76. The Morgan fingerprint density at radius 1 is 1.20 bits per heavy atom. The van der Waals surface area contributed by atoms with Crippen LogP contribution < -0.4 is 10.7 Å². The molecule has 0 amide bonds. The van der Waals surface area contributed by atoms with Gasteiger partial charge in [0.1, 0.15) is 0 Å². The van der Waals surface area contributed by atoms with Crippen LogP contribution in [0.1, 0.15) is 50.8 Å². The Balaban J connectivity index is 2.02. The lowest BCUT2D eigenvalue weighted by atomic mass is 9.87. The van der Waals surface area contributed by atoms with E-state index in [1.54, 1.807) is 0 Å². The molecule has 1 fully saturated rings. The average molecular weight is 429 g/mol. The molecule has 1 aromatic heterocycles. The minimum atomic E-state index is -0.0000498. The summed E-state index contributed by atoms with van der Waals surface area (Å²) in [6, 6.07) is 12.4. The Morgan fingerprint density at radius 2 is 1.97 bits per heavy atom. The van der Waals surface area contributed by atoms with Gasteiger partial charge in [-0.1, -0.05) is 23.7 Å². The fourth-order valence-electron chi connectivity index (χ4n) is 3.96. The largest absolute Gasteiger partial charge is 0.364 e. The van der Waals surface area contributed by atoms with Crippen molar-refractivity contribution in [3.05, 3.63) is 58.9 Å².